The van der Waals surface area contributed by atoms with Crippen molar-refractivity contribution in [3.8, 4) is 0 Å². The van der Waals surface area contributed by atoms with E-state index in [2.05, 4.69) is 5.32 Å². The van der Waals surface area contributed by atoms with Crippen LogP contribution in [0, 0.1) is 0 Å². The van der Waals surface area contributed by atoms with Gasteiger partial charge in [-0.1, -0.05) is 30.3 Å². The van der Waals surface area contributed by atoms with E-state index in [1.54, 1.807) is 0 Å². The molecule has 1 aromatic carbocycles. The smallest absolute Gasteiger partial charge is 0.320 e. The van der Waals surface area contributed by atoms with E-state index in [9.17, 15) is 14.4 Å². The van der Waals surface area contributed by atoms with Crippen molar-refractivity contribution in [1.29, 1.82) is 0 Å². The van der Waals surface area contributed by atoms with E-state index in [-0.39, 0.29) is 44.1 Å². The van der Waals surface area contributed by atoms with Crippen LogP contribution in [0.5, 0.6) is 0 Å². The van der Waals surface area contributed by atoms with Crippen molar-refractivity contribution in [2.24, 2.45) is 0 Å². The van der Waals surface area contributed by atoms with Crippen LogP contribution in [-0.2, 0) is 35.2 Å². The van der Waals surface area contributed by atoms with Gasteiger partial charge >= 0.3 is 17.9 Å². The second-order valence-corrected chi connectivity index (χ2v) is 11.9. The summed E-state index contributed by atoms with van der Waals surface area (Å²) < 4.78 is 16.6. The summed E-state index contributed by atoms with van der Waals surface area (Å²) in [6, 6.07) is 9.57. The summed E-state index contributed by atoms with van der Waals surface area (Å²) in [6.07, 6.45) is 0. The van der Waals surface area contributed by atoms with Gasteiger partial charge in [-0.3, -0.25) is 29.1 Å². The fourth-order valence-electron chi connectivity index (χ4n) is 4.05. The van der Waals surface area contributed by atoms with Crippen molar-refractivity contribution in [3.05, 3.63) is 35.9 Å². The molecular weight excluding hydrogens is 500 g/mol. The van der Waals surface area contributed by atoms with E-state index in [0.29, 0.717) is 52.4 Å². The van der Waals surface area contributed by atoms with Crippen molar-refractivity contribution in [3.63, 3.8) is 0 Å². The van der Waals surface area contributed by atoms with E-state index in [0.717, 1.165) is 5.56 Å². The van der Waals surface area contributed by atoms with Crippen molar-refractivity contribution < 1.29 is 28.6 Å². The largest absolute Gasteiger partial charge is 0.460 e. The first-order valence-electron chi connectivity index (χ1n) is 13.8. The van der Waals surface area contributed by atoms with Crippen LogP contribution >= 0.6 is 0 Å². The molecule has 1 aromatic rings. The lowest BCUT2D eigenvalue weighted by molar-refractivity contribution is -0.157. The van der Waals surface area contributed by atoms with E-state index in [1.165, 1.54) is 0 Å². The van der Waals surface area contributed by atoms with Crippen LogP contribution in [-0.4, -0.2) is 116 Å². The molecule has 0 saturated carbocycles. The maximum absolute atomic E-state index is 12.7. The number of esters is 3. The zero-order valence-corrected chi connectivity index (χ0v) is 24.7. The first-order chi connectivity index (χ1) is 18.3. The molecule has 0 spiro atoms. The molecule has 0 amide bonds. The first kappa shape index (κ1) is 32.7. The summed E-state index contributed by atoms with van der Waals surface area (Å²) in [5.41, 5.74) is -0.166. The highest BCUT2D eigenvalue weighted by molar-refractivity contribution is 5.73. The van der Waals surface area contributed by atoms with Gasteiger partial charge in [-0.25, -0.2) is 0 Å². The molecule has 0 unspecified atom stereocenters. The van der Waals surface area contributed by atoms with Crippen LogP contribution in [0.3, 0.4) is 0 Å². The van der Waals surface area contributed by atoms with Crippen LogP contribution in [0.4, 0.5) is 0 Å². The quantitative estimate of drug-likeness (QED) is 0.383. The third-order valence-corrected chi connectivity index (χ3v) is 5.82. The number of rotatable bonds is 8. The maximum Gasteiger partial charge on any atom is 0.320 e. The van der Waals surface area contributed by atoms with Gasteiger partial charge in [0.25, 0.3) is 0 Å². The second-order valence-electron chi connectivity index (χ2n) is 11.9. The lowest BCUT2D eigenvalue weighted by Gasteiger charge is -2.31. The standard InChI is InChI=1S/C29H48N4O6/c1-28(2,3)38-26(35)21-31-14-12-30-13-15-32(22-27(36)39-29(4,5)6)17-19-33(18-16-31)20-25(34)37-23-24-10-8-7-9-11-24/h7-11,30H,12-23H2,1-6H3. The minimum Gasteiger partial charge on any atom is -0.460 e. The highest BCUT2D eigenvalue weighted by Gasteiger charge is 2.23. The lowest BCUT2D eigenvalue weighted by atomic mass is 10.2. The highest BCUT2D eigenvalue weighted by atomic mass is 16.6. The van der Waals surface area contributed by atoms with E-state index < -0.39 is 11.2 Å². The molecule has 0 aromatic heterocycles. The number of hydrogen-bond donors (Lipinski definition) is 1. The number of ether oxygens (including phenoxy) is 3. The van der Waals surface area contributed by atoms with Gasteiger partial charge in [0.2, 0.25) is 0 Å². The molecular formula is C29H48N4O6. The number of carbonyl (C=O) groups excluding carboxylic acids is 3. The summed E-state index contributed by atoms with van der Waals surface area (Å²) in [5.74, 6) is -0.857. The van der Waals surface area contributed by atoms with Gasteiger partial charge in [-0.15, -0.1) is 0 Å². The van der Waals surface area contributed by atoms with Gasteiger partial charge in [-0.05, 0) is 47.1 Å². The molecule has 1 N–H and O–H groups in total. The van der Waals surface area contributed by atoms with Crippen molar-refractivity contribution in [1.82, 2.24) is 20.0 Å². The zero-order valence-electron chi connectivity index (χ0n) is 24.7. The molecule has 0 atom stereocenters. The van der Waals surface area contributed by atoms with Crippen molar-refractivity contribution in [2.45, 2.75) is 59.4 Å². The Hall–Kier alpha value is -2.53. The Morgan fingerprint density at radius 1 is 0.667 bits per heavy atom. The fraction of sp³-hybridized carbons (Fsp3) is 0.690. The Kier molecular flexibility index (Phi) is 13.3. The molecule has 0 aliphatic carbocycles. The number of hydrogen-bond acceptors (Lipinski definition) is 10. The minimum absolute atomic E-state index is 0.117. The first-order valence-corrected chi connectivity index (χ1v) is 13.8. The Morgan fingerprint density at radius 2 is 1.08 bits per heavy atom. The molecule has 1 heterocycles. The van der Waals surface area contributed by atoms with Crippen LogP contribution < -0.4 is 5.32 Å². The molecule has 220 valence electrons. The molecule has 1 aliphatic rings. The van der Waals surface area contributed by atoms with Gasteiger partial charge in [0.05, 0.1) is 19.6 Å². The molecule has 2 rings (SSSR count). The number of nitrogens with one attached hydrogen (secondary N) is 1. The number of benzene rings is 1. The summed E-state index contributed by atoms with van der Waals surface area (Å²) >= 11 is 0. The summed E-state index contributed by atoms with van der Waals surface area (Å²) in [6.45, 7) is 16.8. The van der Waals surface area contributed by atoms with Crippen molar-refractivity contribution in [2.75, 3.05) is 72.0 Å². The summed E-state index contributed by atoms with van der Waals surface area (Å²) in [5, 5.41) is 3.41. The monoisotopic (exact) mass is 548 g/mol. The Bertz CT molecular complexity index is 853. The molecule has 10 heteroatoms. The van der Waals surface area contributed by atoms with Gasteiger partial charge in [0.15, 0.2) is 0 Å². The molecule has 39 heavy (non-hydrogen) atoms. The van der Waals surface area contributed by atoms with Crippen LogP contribution in [0.25, 0.3) is 0 Å². The van der Waals surface area contributed by atoms with Gasteiger partial charge in [0, 0.05) is 52.4 Å². The maximum atomic E-state index is 12.7. The normalized spacial score (nSPS) is 17.5. The van der Waals surface area contributed by atoms with Gasteiger partial charge in [-0.2, -0.15) is 0 Å². The molecule has 0 bridgehead atoms. The SMILES string of the molecule is CC(C)(C)OC(=O)CN1CCNCCN(CC(=O)OC(C)(C)C)CCN(CC(=O)OCc2ccccc2)CC1. The van der Waals surface area contributed by atoms with E-state index in [1.807, 2.05) is 86.6 Å². The number of nitrogens with zero attached hydrogens (tertiary/aromatic N) is 3. The predicted octanol–water partition coefficient (Wildman–Crippen LogP) is 1.92. The summed E-state index contributed by atoms with van der Waals surface area (Å²) in [4.78, 5) is 43.9. The average molecular weight is 549 g/mol. The zero-order chi connectivity index (χ0) is 28.9. The Morgan fingerprint density at radius 3 is 1.51 bits per heavy atom. The number of carbonyl (C=O) groups is 3. The van der Waals surface area contributed by atoms with Crippen LogP contribution in [0.2, 0.25) is 0 Å². The molecule has 1 aliphatic heterocycles. The fourth-order valence-corrected chi connectivity index (χ4v) is 4.05. The topological polar surface area (TPSA) is 101 Å². The third kappa shape index (κ3) is 15.6. The highest BCUT2D eigenvalue weighted by Crippen LogP contribution is 2.09. The summed E-state index contributed by atoms with van der Waals surface area (Å²) in [7, 11) is 0. The molecule has 1 saturated heterocycles. The molecule has 0 radical (unpaired) electrons. The average Bonchev–Trinajstić information content (AvgIpc) is 2.81. The van der Waals surface area contributed by atoms with Crippen molar-refractivity contribution >= 4 is 17.9 Å². The Balaban J connectivity index is 2.04. The lowest BCUT2D eigenvalue weighted by Crippen LogP contribution is -2.48. The Labute approximate surface area is 233 Å². The van der Waals surface area contributed by atoms with E-state index in [4.69, 9.17) is 14.2 Å². The van der Waals surface area contributed by atoms with Gasteiger partial charge in [0.1, 0.15) is 17.8 Å². The van der Waals surface area contributed by atoms with Crippen LogP contribution in [0.15, 0.2) is 30.3 Å². The predicted molar refractivity (Wildman–Crippen MR) is 150 cm³/mol. The molecule has 10 nitrogen and oxygen atoms in total. The van der Waals surface area contributed by atoms with Gasteiger partial charge < -0.3 is 19.5 Å². The van der Waals surface area contributed by atoms with E-state index >= 15 is 0 Å². The third-order valence-electron chi connectivity index (χ3n) is 5.82. The second kappa shape index (κ2) is 15.9. The molecule has 1 fully saturated rings. The van der Waals surface area contributed by atoms with Crippen LogP contribution in [0.1, 0.15) is 47.1 Å². The minimum atomic E-state index is -0.548.